The summed E-state index contributed by atoms with van der Waals surface area (Å²) in [6, 6.07) is 14.7. The van der Waals surface area contributed by atoms with E-state index in [1.165, 1.54) is 0 Å². The molecule has 2 aromatic rings. The fourth-order valence-electron chi connectivity index (χ4n) is 4.39. The molecule has 0 aromatic heterocycles. The maximum Gasteiger partial charge on any atom is 0.264 e. The highest BCUT2D eigenvalue weighted by Gasteiger charge is 2.35. The lowest BCUT2D eigenvalue weighted by molar-refractivity contribution is -0.139. The van der Waals surface area contributed by atoms with Gasteiger partial charge in [0.25, 0.3) is 5.91 Å². The monoisotopic (exact) mass is 459 g/mol. The number of amides is 1. The molecule has 2 aliphatic rings. The standard InChI is InChI=1S/C23H29N3O5S/c1-25(20(16-6-4-3-5-7-16)15-26-11-10-19(27)14-26)23(28)22-13-17-12-18(24-32(2,29)30)8-9-21(17)31-22/h3-9,12,19-20,22,24,27H,10-11,13-15H2,1-2H3. The molecule has 0 aliphatic carbocycles. The maximum absolute atomic E-state index is 13.4. The van der Waals surface area contributed by atoms with Gasteiger partial charge >= 0.3 is 0 Å². The van der Waals surface area contributed by atoms with Gasteiger partial charge in [-0.2, -0.15) is 0 Å². The first kappa shape index (κ1) is 22.6. The van der Waals surface area contributed by atoms with Crippen molar-refractivity contribution in [3.8, 4) is 5.75 Å². The summed E-state index contributed by atoms with van der Waals surface area (Å²) in [5.41, 5.74) is 2.27. The van der Waals surface area contributed by atoms with Crippen molar-refractivity contribution in [3.05, 3.63) is 59.7 Å². The number of benzene rings is 2. The third kappa shape index (κ3) is 5.23. The Bertz CT molecular complexity index is 1080. The number of ether oxygens (including phenoxy) is 1. The minimum absolute atomic E-state index is 0.132. The van der Waals surface area contributed by atoms with Crippen LogP contribution in [0.25, 0.3) is 0 Å². The van der Waals surface area contributed by atoms with Crippen molar-refractivity contribution in [2.45, 2.75) is 31.1 Å². The van der Waals surface area contributed by atoms with E-state index in [1.807, 2.05) is 30.3 Å². The predicted molar refractivity (Wildman–Crippen MR) is 122 cm³/mol. The van der Waals surface area contributed by atoms with E-state index >= 15 is 0 Å². The quantitative estimate of drug-likeness (QED) is 0.653. The molecular formula is C23H29N3O5S. The summed E-state index contributed by atoms with van der Waals surface area (Å²) in [7, 11) is -1.60. The number of aliphatic hydroxyl groups excluding tert-OH is 1. The number of anilines is 1. The summed E-state index contributed by atoms with van der Waals surface area (Å²) in [5, 5.41) is 9.91. The number of rotatable bonds is 7. The smallest absolute Gasteiger partial charge is 0.264 e. The zero-order valence-corrected chi connectivity index (χ0v) is 19.1. The van der Waals surface area contributed by atoms with Crippen LogP contribution in [0.1, 0.15) is 23.6 Å². The number of carbonyl (C=O) groups excluding carboxylic acids is 1. The second-order valence-corrected chi connectivity index (χ2v) is 10.3. The number of fused-ring (bicyclic) bond motifs is 1. The van der Waals surface area contributed by atoms with Crippen LogP contribution in [0, 0.1) is 0 Å². The third-order valence-corrected chi connectivity index (χ3v) is 6.60. The largest absolute Gasteiger partial charge is 0.480 e. The van der Waals surface area contributed by atoms with Crippen LogP contribution in [0.3, 0.4) is 0 Å². The molecule has 2 aromatic carbocycles. The molecule has 1 fully saturated rings. The van der Waals surface area contributed by atoms with Crippen LogP contribution in [0.15, 0.2) is 48.5 Å². The van der Waals surface area contributed by atoms with Gasteiger partial charge in [-0.15, -0.1) is 0 Å². The van der Waals surface area contributed by atoms with Crippen molar-refractivity contribution in [1.29, 1.82) is 0 Å². The molecule has 3 atom stereocenters. The first-order chi connectivity index (χ1) is 15.2. The lowest BCUT2D eigenvalue weighted by Gasteiger charge is -2.33. The number of likely N-dealkylation sites (N-methyl/N-ethyl adjacent to an activating group) is 1. The number of nitrogens with one attached hydrogen (secondary N) is 1. The molecule has 0 spiro atoms. The number of nitrogens with zero attached hydrogens (tertiary/aromatic N) is 2. The molecule has 3 unspecified atom stereocenters. The van der Waals surface area contributed by atoms with Crippen molar-refractivity contribution in [2.24, 2.45) is 0 Å². The first-order valence-electron chi connectivity index (χ1n) is 10.7. The average molecular weight is 460 g/mol. The molecule has 9 heteroatoms. The van der Waals surface area contributed by atoms with Crippen molar-refractivity contribution < 1.29 is 23.1 Å². The molecular weight excluding hydrogens is 430 g/mol. The van der Waals surface area contributed by atoms with E-state index in [0.29, 0.717) is 30.9 Å². The second-order valence-electron chi connectivity index (χ2n) is 8.59. The van der Waals surface area contributed by atoms with Crippen molar-refractivity contribution in [2.75, 3.05) is 37.7 Å². The Balaban J connectivity index is 1.50. The van der Waals surface area contributed by atoms with E-state index in [0.717, 1.165) is 30.3 Å². The third-order valence-electron chi connectivity index (χ3n) is 5.99. The van der Waals surface area contributed by atoms with Crippen LogP contribution in [-0.2, 0) is 21.2 Å². The zero-order valence-electron chi connectivity index (χ0n) is 18.3. The normalized spacial score (nSPS) is 21.6. The lowest BCUT2D eigenvalue weighted by atomic mass is 10.0. The maximum atomic E-state index is 13.4. The van der Waals surface area contributed by atoms with Gasteiger partial charge in [0, 0.05) is 44.4 Å². The van der Waals surface area contributed by atoms with Crippen LogP contribution in [0.4, 0.5) is 5.69 Å². The second kappa shape index (κ2) is 9.09. The molecule has 8 nitrogen and oxygen atoms in total. The molecule has 2 aliphatic heterocycles. The minimum Gasteiger partial charge on any atom is -0.480 e. The highest BCUT2D eigenvalue weighted by atomic mass is 32.2. The van der Waals surface area contributed by atoms with Crippen LogP contribution in [0.5, 0.6) is 5.75 Å². The summed E-state index contributed by atoms with van der Waals surface area (Å²) in [6.07, 6.45) is 1.22. The molecule has 0 saturated carbocycles. The molecule has 32 heavy (non-hydrogen) atoms. The average Bonchev–Trinajstić information content (AvgIpc) is 3.36. The molecule has 1 amide bonds. The Morgan fingerprint density at radius 2 is 2.03 bits per heavy atom. The van der Waals surface area contributed by atoms with Gasteiger partial charge in [-0.3, -0.25) is 14.4 Å². The number of carbonyl (C=O) groups is 1. The van der Waals surface area contributed by atoms with Gasteiger partial charge in [-0.25, -0.2) is 8.42 Å². The fourth-order valence-corrected chi connectivity index (χ4v) is 4.95. The summed E-state index contributed by atoms with van der Waals surface area (Å²) in [5.74, 6) is 0.460. The molecule has 1 saturated heterocycles. The van der Waals surface area contributed by atoms with Crippen molar-refractivity contribution in [3.63, 3.8) is 0 Å². The van der Waals surface area contributed by atoms with Crippen LogP contribution >= 0.6 is 0 Å². The number of hydrogen-bond donors (Lipinski definition) is 2. The molecule has 172 valence electrons. The van der Waals surface area contributed by atoms with Gasteiger partial charge in [-0.05, 0) is 30.2 Å². The highest BCUT2D eigenvalue weighted by Crippen LogP contribution is 2.33. The Kier molecular flexibility index (Phi) is 6.41. The molecule has 2 N–H and O–H groups in total. The van der Waals surface area contributed by atoms with E-state index in [4.69, 9.17) is 4.74 Å². The number of β-amino-alcohol motifs (C(OH)–C–C–N with tert-alkyl or cyclic N) is 1. The van der Waals surface area contributed by atoms with Gasteiger partial charge in [0.2, 0.25) is 10.0 Å². The van der Waals surface area contributed by atoms with E-state index in [9.17, 15) is 18.3 Å². The fraction of sp³-hybridized carbons (Fsp3) is 0.435. The Morgan fingerprint density at radius 3 is 2.69 bits per heavy atom. The molecule has 2 heterocycles. The van der Waals surface area contributed by atoms with Gasteiger partial charge < -0.3 is 14.7 Å². The van der Waals surface area contributed by atoms with E-state index in [-0.39, 0.29) is 18.1 Å². The molecule has 4 rings (SSSR count). The summed E-state index contributed by atoms with van der Waals surface area (Å²) in [4.78, 5) is 17.3. The van der Waals surface area contributed by atoms with Gasteiger partial charge in [0.15, 0.2) is 6.10 Å². The number of hydrogen-bond acceptors (Lipinski definition) is 6. The Morgan fingerprint density at radius 1 is 1.28 bits per heavy atom. The van der Waals surface area contributed by atoms with E-state index in [2.05, 4.69) is 9.62 Å². The van der Waals surface area contributed by atoms with Crippen LogP contribution < -0.4 is 9.46 Å². The predicted octanol–water partition coefficient (Wildman–Crippen LogP) is 1.63. The Hall–Kier alpha value is -2.62. The zero-order chi connectivity index (χ0) is 22.9. The van der Waals surface area contributed by atoms with Crippen molar-refractivity contribution >= 4 is 21.6 Å². The SMILES string of the molecule is CN(C(=O)C1Cc2cc(NS(C)(=O)=O)ccc2O1)C(CN1CCC(O)C1)c1ccccc1. The number of aliphatic hydroxyl groups is 1. The highest BCUT2D eigenvalue weighted by molar-refractivity contribution is 7.92. The van der Waals surface area contributed by atoms with Crippen LogP contribution in [0.2, 0.25) is 0 Å². The van der Waals surface area contributed by atoms with Crippen molar-refractivity contribution in [1.82, 2.24) is 9.80 Å². The van der Waals surface area contributed by atoms with Gasteiger partial charge in [0.05, 0.1) is 18.4 Å². The number of likely N-dealkylation sites (tertiary alicyclic amines) is 1. The summed E-state index contributed by atoms with van der Waals surface area (Å²) in [6.45, 7) is 2.03. The minimum atomic E-state index is -3.38. The molecule has 0 radical (unpaired) electrons. The summed E-state index contributed by atoms with van der Waals surface area (Å²) >= 11 is 0. The lowest BCUT2D eigenvalue weighted by Crippen LogP contribution is -2.44. The number of sulfonamides is 1. The van der Waals surface area contributed by atoms with Gasteiger partial charge in [-0.1, -0.05) is 30.3 Å². The Labute approximate surface area is 188 Å². The van der Waals surface area contributed by atoms with Gasteiger partial charge in [0.1, 0.15) is 5.75 Å². The van der Waals surface area contributed by atoms with Crippen LogP contribution in [-0.4, -0.2) is 74.4 Å². The topological polar surface area (TPSA) is 99.2 Å². The van der Waals surface area contributed by atoms with E-state index in [1.54, 1.807) is 30.1 Å². The molecule has 0 bridgehead atoms. The van der Waals surface area contributed by atoms with E-state index < -0.39 is 16.1 Å². The first-order valence-corrected chi connectivity index (χ1v) is 12.6. The summed E-state index contributed by atoms with van der Waals surface area (Å²) < 4.78 is 31.4.